The first-order valence-corrected chi connectivity index (χ1v) is 4.13. The van der Waals surface area contributed by atoms with Crippen molar-refractivity contribution in [1.29, 1.82) is 0 Å². The second-order valence-corrected chi connectivity index (χ2v) is 2.64. The number of benzene rings is 1. The first-order valence-electron chi connectivity index (χ1n) is 4.13. The zero-order chi connectivity index (χ0) is 9.68. The molecule has 0 spiro atoms. The lowest BCUT2D eigenvalue weighted by Crippen LogP contribution is -1.84. The summed E-state index contributed by atoms with van der Waals surface area (Å²) in [5, 5.41) is 0. The summed E-state index contributed by atoms with van der Waals surface area (Å²) in [6.07, 6.45) is 1.82. The van der Waals surface area contributed by atoms with Crippen LogP contribution in [0.15, 0.2) is 37.4 Å². The molecule has 0 saturated carbocycles. The van der Waals surface area contributed by atoms with E-state index < -0.39 is 0 Å². The molecule has 13 heavy (non-hydrogen) atoms. The highest BCUT2D eigenvalue weighted by Gasteiger charge is 1.98. The van der Waals surface area contributed by atoms with Crippen LogP contribution >= 0.6 is 0 Å². The molecule has 0 aliphatic rings. The Labute approximate surface area is 79.6 Å². The molecular weight excluding hydrogens is 156 g/mol. The summed E-state index contributed by atoms with van der Waals surface area (Å²) in [5.41, 5.74) is 2.99. The van der Waals surface area contributed by atoms with Crippen molar-refractivity contribution in [3.05, 3.63) is 48.6 Å². The van der Waals surface area contributed by atoms with Crippen LogP contribution in [0, 0.1) is 11.8 Å². The largest absolute Gasteiger partial charge is 0.101 e. The van der Waals surface area contributed by atoms with E-state index in [0.717, 1.165) is 16.7 Å². The zero-order valence-corrected chi connectivity index (χ0v) is 7.80. The van der Waals surface area contributed by atoms with Crippen LogP contribution in [0.1, 0.15) is 18.1 Å². The second kappa shape index (κ2) is 4.33. The third kappa shape index (κ3) is 2.10. The van der Waals surface area contributed by atoms with Crippen molar-refractivity contribution < 1.29 is 0 Å². The molecule has 0 aromatic heterocycles. The fourth-order valence-electron chi connectivity index (χ4n) is 1.17. The maximum absolute atomic E-state index is 3.90. The van der Waals surface area contributed by atoms with E-state index in [4.69, 9.17) is 0 Å². The quantitative estimate of drug-likeness (QED) is 0.594. The Balaban J connectivity index is 3.18. The maximum Gasteiger partial charge on any atom is 0.0251 e. The average Bonchev–Trinajstić information content (AvgIpc) is 2.18. The molecule has 1 rings (SSSR count). The standard InChI is InChI=1S/C13H12/c1-4-8-11(3)13-10-7-6-9-12(13)5-2/h5-7,9-10H,2-3H2,1H3. The SMILES string of the molecule is C=Cc1ccccc1C(=C)C#CC. The summed E-state index contributed by atoms with van der Waals surface area (Å²) in [5.74, 6) is 5.78. The van der Waals surface area contributed by atoms with Gasteiger partial charge in [0.05, 0.1) is 0 Å². The summed E-state index contributed by atoms with van der Waals surface area (Å²) >= 11 is 0. The number of allylic oxidation sites excluding steroid dienone is 1. The molecule has 64 valence electrons. The Morgan fingerprint density at radius 2 is 2.08 bits per heavy atom. The monoisotopic (exact) mass is 168 g/mol. The molecule has 0 bridgehead atoms. The van der Waals surface area contributed by atoms with Gasteiger partial charge >= 0.3 is 0 Å². The zero-order valence-electron chi connectivity index (χ0n) is 7.80. The van der Waals surface area contributed by atoms with Crippen LogP contribution < -0.4 is 0 Å². The van der Waals surface area contributed by atoms with E-state index in [1.54, 1.807) is 0 Å². The molecule has 0 aliphatic carbocycles. The lowest BCUT2D eigenvalue weighted by atomic mass is 10.0. The van der Waals surface area contributed by atoms with E-state index in [0.29, 0.717) is 0 Å². The lowest BCUT2D eigenvalue weighted by Gasteiger charge is -2.02. The van der Waals surface area contributed by atoms with Crippen molar-refractivity contribution in [2.75, 3.05) is 0 Å². The van der Waals surface area contributed by atoms with Crippen LogP contribution in [-0.2, 0) is 0 Å². The van der Waals surface area contributed by atoms with Crippen LogP contribution in [0.5, 0.6) is 0 Å². The Hall–Kier alpha value is -1.74. The molecular formula is C13H12. The molecule has 0 heteroatoms. The number of hydrogen-bond acceptors (Lipinski definition) is 0. The molecule has 1 aromatic carbocycles. The van der Waals surface area contributed by atoms with Gasteiger partial charge in [-0.2, -0.15) is 0 Å². The van der Waals surface area contributed by atoms with Crippen molar-refractivity contribution in [2.24, 2.45) is 0 Å². The summed E-state index contributed by atoms with van der Waals surface area (Å²) in [7, 11) is 0. The minimum Gasteiger partial charge on any atom is -0.101 e. The van der Waals surface area contributed by atoms with Crippen LogP contribution in [0.4, 0.5) is 0 Å². The van der Waals surface area contributed by atoms with Gasteiger partial charge < -0.3 is 0 Å². The fourth-order valence-corrected chi connectivity index (χ4v) is 1.17. The first-order chi connectivity index (χ1) is 6.29. The van der Waals surface area contributed by atoms with E-state index in [-0.39, 0.29) is 0 Å². The van der Waals surface area contributed by atoms with Gasteiger partial charge in [-0.05, 0) is 18.1 Å². The Kier molecular flexibility index (Phi) is 3.11. The first kappa shape index (κ1) is 9.35. The summed E-state index contributed by atoms with van der Waals surface area (Å²) < 4.78 is 0. The predicted octanol–water partition coefficient (Wildman–Crippen LogP) is 3.37. The van der Waals surface area contributed by atoms with Gasteiger partial charge in [0, 0.05) is 5.57 Å². The molecule has 0 fully saturated rings. The highest BCUT2D eigenvalue weighted by atomic mass is 14.0. The smallest absolute Gasteiger partial charge is 0.0251 e. The third-order valence-electron chi connectivity index (χ3n) is 1.78. The van der Waals surface area contributed by atoms with Crippen LogP contribution in [0.2, 0.25) is 0 Å². The van der Waals surface area contributed by atoms with E-state index in [2.05, 4.69) is 25.0 Å². The van der Waals surface area contributed by atoms with Gasteiger partial charge in [0.25, 0.3) is 0 Å². The van der Waals surface area contributed by atoms with Crippen LogP contribution in [-0.4, -0.2) is 0 Å². The summed E-state index contributed by atoms with van der Waals surface area (Å²) in [6, 6.07) is 7.96. The lowest BCUT2D eigenvalue weighted by molar-refractivity contribution is 1.60. The van der Waals surface area contributed by atoms with Gasteiger partial charge in [-0.1, -0.05) is 49.4 Å². The van der Waals surface area contributed by atoms with E-state index in [1.807, 2.05) is 37.3 Å². The summed E-state index contributed by atoms with van der Waals surface area (Å²) in [4.78, 5) is 0. The Morgan fingerprint density at radius 3 is 2.69 bits per heavy atom. The van der Waals surface area contributed by atoms with Crippen molar-refractivity contribution >= 4 is 11.6 Å². The maximum atomic E-state index is 3.90. The van der Waals surface area contributed by atoms with Gasteiger partial charge in [0.15, 0.2) is 0 Å². The van der Waals surface area contributed by atoms with Crippen LogP contribution in [0.3, 0.4) is 0 Å². The highest BCUT2D eigenvalue weighted by Crippen LogP contribution is 2.17. The van der Waals surface area contributed by atoms with Crippen molar-refractivity contribution in [3.8, 4) is 11.8 Å². The van der Waals surface area contributed by atoms with Gasteiger partial charge in [-0.25, -0.2) is 0 Å². The van der Waals surface area contributed by atoms with Crippen molar-refractivity contribution in [3.63, 3.8) is 0 Å². The molecule has 0 aliphatic heterocycles. The average molecular weight is 168 g/mol. The molecule has 0 nitrogen and oxygen atoms in total. The minimum absolute atomic E-state index is 0.845. The Bertz CT molecular complexity index is 386. The topological polar surface area (TPSA) is 0 Å². The normalized spacial score (nSPS) is 8.38. The van der Waals surface area contributed by atoms with Crippen LogP contribution in [0.25, 0.3) is 11.6 Å². The van der Waals surface area contributed by atoms with E-state index in [9.17, 15) is 0 Å². The molecule has 0 radical (unpaired) electrons. The molecule has 0 atom stereocenters. The number of rotatable bonds is 2. The number of hydrogen-bond donors (Lipinski definition) is 0. The van der Waals surface area contributed by atoms with Gasteiger partial charge in [-0.15, -0.1) is 5.92 Å². The molecule has 0 amide bonds. The van der Waals surface area contributed by atoms with Gasteiger partial charge in [0.2, 0.25) is 0 Å². The van der Waals surface area contributed by atoms with Crippen molar-refractivity contribution in [1.82, 2.24) is 0 Å². The van der Waals surface area contributed by atoms with Gasteiger partial charge in [-0.3, -0.25) is 0 Å². The van der Waals surface area contributed by atoms with E-state index in [1.165, 1.54) is 0 Å². The predicted molar refractivity (Wildman–Crippen MR) is 59.0 cm³/mol. The fraction of sp³-hybridized carbons (Fsp3) is 0.0769. The minimum atomic E-state index is 0.845. The molecule has 0 unspecified atom stereocenters. The molecule has 0 heterocycles. The van der Waals surface area contributed by atoms with E-state index >= 15 is 0 Å². The molecule has 0 saturated heterocycles. The highest BCUT2D eigenvalue weighted by molar-refractivity contribution is 5.81. The third-order valence-corrected chi connectivity index (χ3v) is 1.78. The molecule has 0 N–H and O–H groups in total. The second-order valence-electron chi connectivity index (χ2n) is 2.64. The molecule has 1 aromatic rings. The Morgan fingerprint density at radius 1 is 1.38 bits per heavy atom. The van der Waals surface area contributed by atoms with Gasteiger partial charge in [0.1, 0.15) is 0 Å². The summed E-state index contributed by atoms with van der Waals surface area (Å²) in [6.45, 7) is 9.45. The van der Waals surface area contributed by atoms with Crippen molar-refractivity contribution in [2.45, 2.75) is 6.92 Å².